The van der Waals surface area contributed by atoms with E-state index >= 15 is 0 Å². The number of imide groups is 2. The molecule has 2 aromatic carbocycles. The second-order valence-electron chi connectivity index (χ2n) is 8.06. The predicted molar refractivity (Wildman–Crippen MR) is 115 cm³/mol. The van der Waals surface area contributed by atoms with Crippen molar-refractivity contribution in [2.45, 2.75) is 24.9 Å². The average Bonchev–Trinajstić information content (AvgIpc) is 2.80. The lowest BCUT2D eigenvalue weighted by Crippen LogP contribution is -2.45. The van der Waals surface area contributed by atoms with Crippen LogP contribution >= 0.6 is 0 Å². The zero-order chi connectivity index (χ0) is 24.9. The molecule has 2 aliphatic heterocycles. The van der Waals surface area contributed by atoms with E-state index in [0.717, 1.165) is 9.80 Å². The highest BCUT2D eigenvalue weighted by Gasteiger charge is 2.39. The third-order valence-electron chi connectivity index (χ3n) is 6.02. The first kappa shape index (κ1) is 23.0. The molecule has 34 heavy (non-hydrogen) atoms. The Hall–Kier alpha value is -4.16. The molecule has 0 bridgehead atoms. The minimum Gasteiger partial charge on any atom is -0.480 e. The number of hydrogen-bond donors (Lipinski definition) is 4. The summed E-state index contributed by atoms with van der Waals surface area (Å²) in [7, 11) is 0. The lowest BCUT2D eigenvalue weighted by molar-refractivity contribution is -0.139. The quantitative estimate of drug-likeness (QED) is 0.370. The Balaban J connectivity index is 1.74. The summed E-state index contributed by atoms with van der Waals surface area (Å²) in [6.07, 6.45) is -0.294. The summed E-state index contributed by atoms with van der Waals surface area (Å²) < 4.78 is 0. The van der Waals surface area contributed by atoms with Crippen molar-refractivity contribution < 1.29 is 39.0 Å². The van der Waals surface area contributed by atoms with Crippen molar-refractivity contribution in [1.29, 1.82) is 0 Å². The number of carboxylic acids is 2. The maximum Gasteiger partial charge on any atom is 0.320 e. The van der Waals surface area contributed by atoms with Gasteiger partial charge in [-0.2, -0.15) is 0 Å². The minimum absolute atomic E-state index is 0.0982. The molecule has 2 atom stereocenters. The monoisotopic (exact) mass is 468 g/mol. The number of benzene rings is 2. The van der Waals surface area contributed by atoms with Crippen molar-refractivity contribution in [3.8, 4) is 0 Å². The number of nitrogens with two attached hydrogens (primary N) is 2. The van der Waals surface area contributed by atoms with E-state index in [2.05, 4.69) is 0 Å². The van der Waals surface area contributed by atoms with Gasteiger partial charge >= 0.3 is 11.9 Å². The van der Waals surface area contributed by atoms with Crippen LogP contribution in [0.4, 0.5) is 0 Å². The van der Waals surface area contributed by atoms with Crippen LogP contribution in [0.25, 0.3) is 10.8 Å². The molecule has 0 saturated heterocycles. The van der Waals surface area contributed by atoms with Gasteiger partial charge in [-0.3, -0.25) is 38.6 Å². The smallest absolute Gasteiger partial charge is 0.320 e. The van der Waals surface area contributed by atoms with Crippen LogP contribution in [0.5, 0.6) is 0 Å². The van der Waals surface area contributed by atoms with Crippen LogP contribution in [0.15, 0.2) is 24.3 Å². The van der Waals surface area contributed by atoms with E-state index in [1.165, 1.54) is 24.3 Å². The van der Waals surface area contributed by atoms with Gasteiger partial charge < -0.3 is 21.7 Å². The second kappa shape index (κ2) is 8.32. The number of rotatable bonds is 8. The molecule has 2 aliphatic rings. The Morgan fingerprint density at radius 2 is 0.912 bits per heavy atom. The number of carbonyl (C=O) groups is 6. The Kier molecular flexibility index (Phi) is 5.63. The van der Waals surface area contributed by atoms with Crippen LogP contribution in [0.1, 0.15) is 54.3 Å². The Bertz CT molecular complexity index is 1130. The standard InChI is InChI=1S/C22H20N4O8/c23-13(21(31)32)5-7-25-17(27)9-1-2-10-16-12(4-3-11(15(9)16)19(25)29)20(30)26(18(10)28)8-6-14(24)22(33)34/h1-4,13-14H,5-8,23-24H2,(H,31,32)(H,33,34). The third kappa shape index (κ3) is 3.49. The van der Waals surface area contributed by atoms with Crippen LogP contribution in [0.3, 0.4) is 0 Å². The Labute approximate surface area is 191 Å². The summed E-state index contributed by atoms with van der Waals surface area (Å²) in [5.41, 5.74) is 11.4. The molecule has 2 aromatic rings. The highest BCUT2D eigenvalue weighted by Crippen LogP contribution is 2.37. The van der Waals surface area contributed by atoms with Gasteiger partial charge in [0.25, 0.3) is 23.6 Å². The first-order valence-corrected chi connectivity index (χ1v) is 10.3. The van der Waals surface area contributed by atoms with Crippen LogP contribution in [0, 0.1) is 0 Å². The topological polar surface area (TPSA) is 201 Å². The summed E-state index contributed by atoms with van der Waals surface area (Å²) in [6, 6.07) is 2.98. The van der Waals surface area contributed by atoms with E-state index in [1.54, 1.807) is 0 Å². The molecular formula is C22H20N4O8. The van der Waals surface area contributed by atoms with Crippen LogP contribution < -0.4 is 11.5 Å². The van der Waals surface area contributed by atoms with Crippen molar-refractivity contribution in [1.82, 2.24) is 9.80 Å². The van der Waals surface area contributed by atoms with Crippen molar-refractivity contribution in [2.75, 3.05) is 13.1 Å². The first-order valence-electron chi connectivity index (χ1n) is 10.3. The molecule has 176 valence electrons. The highest BCUT2D eigenvalue weighted by molar-refractivity contribution is 6.33. The fourth-order valence-electron chi connectivity index (χ4n) is 4.16. The van der Waals surface area contributed by atoms with Gasteiger partial charge in [-0.1, -0.05) is 0 Å². The summed E-state index contributed by atoms with van der Waals surface area (Å²) in [5.74, 6) is -5.27. The average molecular weight is 468 g/mol. The van der Waals surface area contributed by atoms with E-state index in [-0.39, 0.29) is 59.0 Å². The van der Waals surface area contributed by atoms with Gasteiger partial charge in [0.15, 0.2) is 0 Å². The maximum absolute atomic E-state index is 13.1. The van der Waals surface area contributed by atoms with Crippen molar-refractivity contribution in [3.05, 3.63) is 46.5 Å². The highest BCUT2D eigenvalue weighted by atomic mass is 16.4. The molecule has 4 amide bonds. The number of carboxylic acid groups (broad SMARTS) is 2. The van der Waals surface area contributed by atoms with Crippen LogP contribution in [0.2, 0.25) is 0 Å². The molecule has 2 unspecified atom stereocenters. The molecule has 12 heteroatoms. The Morgan fingerprint density at radius 1 is 0.647 bits per heavy atom. The van der Waals surface area contributed by atoms with Gasteiger partial charge in [-0.15, -0.1) is 0 Å². The van der Waals surface area contributed by atoms with Gasteiger partial charge in [0.05, 0.1) is 0 Å². The summed E-state index contributed by atoms with van der Waals surface area (Å²) in [5, 5.41) is 18.3. The SMILES string of the molecule is NC(CCN1C(=O)c2ccc3c4c(ccc(c24)C1=O)C(=O)N(CCC(N)C(=O)O)C3=O)C(=O)O. The zero-order valence-corrected chi connectivity index (χ0v) is 17.7. The van der Waals surface area contributed by atoms with E-state index in [9.17, 15) is 28.8 Å². The number of nitrogens with zero attached hydrogens (tertiary/aromatic N) is 2. The summed E-state index contributed by atoms with van der Waals surface area (Å²) >= 11 is 0. The van der Waals surface area contributed by atoms with E-state index in [4.69, 9.17) is 21.7 Å². The Morgan fingerprint density at radius 3 is 1.15 bits per heavy atom. The molecule has 6 N–H and O–H groups in total. The van der Waals surface area contributed by atoms with E-state index in [1.807, 2.05) is 0 Å². The normalized spacial score (nSPS) is 16.8. The van der Waals surface area contributed by atoms with E-state index < -0.39 is 47.7 Å². The fraction of sp³-hybridized carbons (Fsp3) is 0.273. The molecule has 2 heterocycles. The number of aliphatic carboxylic acids is 2. The molecule has 0 spiro atoms. The number of hydrogen-bond acceptors (Lipinski definition) is 8. The van der Waals surface area contributed by atoms with Gasteiger partial charge in [0.2, 0.25) is 0 Å². The molecule has 0 saturated carbocycles. The van der Waals surface area contributed by atoms with Crippen molar-refractivity contribution >= 4 is 46.3 Å². The summed E-state index contributed by atoms with van der Waals surface area (Å²) in [4.78, 5) is 76.0. The number of amides is 4. The van der Waals surface area contributed by atoms with Crippen molar-refractivity contribution in [2.24, 2.45) is 11.5 Å². The molecule has 0 radical (unpaired) electrons. The van der Waals surface area contributed by atoms with Crippen LogP contribution in [-0.4, -0.2) is 80.8 Å². The maximum atomic E-state index is 13.1. The number of carbonyl (C=O) groups excluding carboxylic acids is 4. The molecule has 0 fully saturated rings. The van der Waals surface area contributed by atoms with Gasteiger partial charge in [0, 0.05) is 46.1 Å². The lowest BCUT2D eigenvalue weighted by atomic mass is 9.85. The van der Waals surface area contributed by atoms with Gasteiger partial charge in [0.1, 0.15) is 12.1 Å². The predicted octanol–water partition coefficient (Wildman–Crippen LogP) is -0.364. The fourth-order valence-corrected chi connectivity index (χ4v) is 4.16. The lowest BCUT2D eigenvalue weighted by Gasteiger charge is -2.32. The second-order valence-corrected chi connectivity index (χ2v) is 8.06. The van der Waals surface area contributed by atoms with Crippen molar-refractivity contribution in [3.63, 3.8) is 0 Å². The molecule has 0 aliphatic carbocycles. The van der Waals surface area contributed by atoms with E-state index in [0.29, 0.717) is 0 Å². The summed E-state index contributed by atoms with van der Waals surface area (Å²) in [6.45, 7) is -0.434. The third-order valence-corrected chi connectivity index (χ3v) is 6.02. The van der Waals surface area contributed by atoms with Crippen LogP contribution in [-0.2, 0) is 9.59 Å². The first-order chi connectivity index (χ1) is 16.0. The van der Waals surface area contributed by atoms with Gasteiger partial charge in [-0.05, 0) is 37.1 Å². The largest absolute Gasteiger partial charge is 0.480 e. The molecule has 0 aromatic heterocycles. The molecule has 12 nitrogen and oxygen atoms in total. The molecular weight excluding hydrogens is 448 g/mol. The van der Waals surface area contributed by atoms with Gasteiger partial charge in [-0.25, -0.2) is 0 Å². The zero-order valence-electron chi connectivity index (χ0n) is 17.7. The minimum atomic E-state index is -1.26. The molecule has 4 rings (SSSR count).